The van der Waals surface area contributed by atoms with E-state index in [0.717, 1.165) is 64.1 Å². The summed E-state index contributed by atoms with van der Waals surface area (Å²) in [6.45, 7) is 7.66. The van der Waals surface area contributed by atoms with Gasteiger partial charge < -0.3 is 19.7 Å². The molecule has 2 aliphatic rings. The van der Waals surface area contributed by atoms with E-state index in [0.29, 0.717) is 6.04 Å². The molecule has 2 aliphatic heterocycles. The molecule has 110 valence electrons. The van der Waals surface area contributed by atoms with Gasteiger partial charge in [0, 0.05) is 52.5 Å². The summed E-state index contributed by atoms with van der Waals surface area (Å²) in [5.74, 6) is 0. The lowest BCUT2D eigenvalue weighted by Gasteiger charge is -2.32. The highest BCUT2D eigenvalue weighted by Crippen LogP contribution is 2.16. The molecular weight excluding hydrogens is 262 g/mol. The van der Waals surface area contributed by atoms with Crippen molar-refractivity contribution < 1.29 is 9.47 Å². The zero-order valence-corrected chi connectivity index (χ0v) is 12.6. The van der Waals surface area contributed by atoms with Crippen LogP contribution in [0.3, 0.4) is 0 Å². The highest BCUT2D eigenvalue weighted by atomic mass is 32.1. The Morgan fingerprint density at radius 1 is 1.37 bits per heavy atom. The van der Waals surface area contributed by atoms with Gasteiger partial charge in [0.2, 0.25) is 0 Å². The lowest BCUT2D eigenvalue weighted by molar-refractivity contribution is 0.0195. The molecule has 0 aromatic rings. The molecule has 0 radical (unpaired) electrons. The number of likely N-dealkylation sites (tertiary alicyclic amines) is 1. The van der Waals surface area contributed by atoms with Crippen LogP contribution in [0.4, 0.5) is 0 Å². The van der Waals surface area contributed by atoms with Crippen LogP contribution in [-0.4, -0.2) is 80.6 Å². The van der Waals surface area contributed by atoms with E-state index in [2.05, 4.69) is 15.1 Å². The zero-order chi connectivity index (χ0) is 13.5. The van der Waals surface area contributed by atoms with Crippen LogP contribution >= 0.6 is 12.2 Å². The lowest BCUT2D eigenvalue weighted by atomic mass is 10.2. The quantitative estimate of drug-likeness (QED) is 0.579. The Bertz CT molecular complexity index is 285. The molecule has 0 aliphatic carbocycles. The molecule has 0 aromatic heterocycles. The average molecular weight is 287 g/mol. The SMILES string of the molecule is COCCCNC(=S)N1CCC(N2CCOCC2)C1. The second-order valence-corrected chi connectivity index (χ2v) is 5.50. The van der Waals surface area contributed by atoms with Gasteiger partial charge in [-0.1, -0.05) is 0 Å². The molecule has 0 bridgehead atoms. The summed E-state index contributed by atoms with van der Waals surface area (Å²) in [6, 6.07) is 0.641. The van der Waals surface area contributed by atoms with Gasteiger partial charge in [0.1, 0.15) is 0 Å². The molecule has 2 heterocycles. The summed E-state index contributed by atoms with van der Waals surface area (Å²) >= 11 is 5.45. The van der Waals surface area contributed by atoms with Gasteiger partial charge in [-0.3, -0.25) is 4.90 Å². The van der Waals surface area contributed by atoms with Crippen molar-refractivity contribution in [1.29, 1.82) is 0 Å². The molecule has 5 nitrogen and oxygen atoms in total. The number of nitrogens with one attached hydrogen (secondary N) is 1. The average Bonchev–Trinajstić information content (AvgIpc) is 2.94. The van der Waals surface area contributed by atoms with Crippen LogP contribution in [0.2, 0.25) is 0 Å². The Labute approximate surface area is 121 Å². The summed E-state index contributed by atoms with van der Waals surface area (Å²) in [5.41, 5.74) is 0. The molecule has 0 saturated carbocycles. The first-order valence-corrected chi connectivity index (χ1v) is 7.55. The fourth-order valence-electron chi connectivity index (χ4n) is 2.69. The minimum absolute atomic E-state index is 0.641. The van der Waals surface area contributed by atoms with Gasteiger partial charge in [-0.05, 0) is 25.1 Å². The molecule has 1 atom stereocenters. The first-order chi connectivity index (χ1) is 9.31. The maximum atomic E-state index is 5.45. The molecule has 19 heavy (non-hydrogen) atoms. The monoisotopic (exact) mass is 287 g/mol. The van der Waals surface area contributed by atoms with E-state index >= 15 is 0 Å². The van der Waals surface area contributed by atoms with Crippen LogP contribution in [-0.2, 0) is 9.47 Å². The van der Waals surface area contributed by atoms with Crippen molar-refractivity contribution >= 4 is 17.3 Å². The third-order valence-electron chi connectivity index (χ3n) is 3.81. The standard InChI is InChI=1S/C13H25N3O2S/c1-17-8-2-4-14-13(19)16-5-3-12(11-16)15-6-9-18-10-7-15/h12H,2-11H2,1H3,(H,14,19). The van der Waals surface area contributed by atoms with Gasteiger partial charge in [-0.25, -0.2) is 0 Å². The van der Waals surface area contributed by atoms with Crippen molar-refractivity contribution in [1.82, 2.24) is 15.1 Å². The number of methoxy groups -OCH3 is 1. The van der Waals surface area contributed by atoms with E-state index < -0.39 is 0 Å². The molecule has 0 amide bonds. The van der Waals surface area contributed by atoms with Gasteiger partial charge in [-0.2, -0.15) is 0 Å². The lowest BCUT2D eigenvalue weighted by Crippen LogP contribution is -2.46. The van der Waals surface area contributed by atoms with Crippen molar-refractivity contribution in [3.63, 3.8) is 0 Å². The van der Waals surface area contributed by atoms with Gasteiger partial charge in [0.15, 0.2) is 5.11 Å². The fraction of sp³-hybridized carbons (Fsp3) is 0.923. The van der Waals surface area contributed by atoms with Crippen molar-refractivity contribution in [3.8, 4) is 0 Å². The first kappa shape index (κ1) is 15.0. The number of morpholine rings is 1. The van der Waals surface area contributed by atoms with E-state index in [-0.39, 0.29) is 0 Å². The fourth-order valence-corrected chi connectivity index (χ4v) is 2.96. The van der Waals surface area contributed by atoms with Gasteiger partial charge in [-0.15, -0.1) is 0 Å². The van der Waals surface area contributed by atoms with E-state index in [1.807, 2.05) is 0 Å². The third-order valence-corrected chi connectivity index (χ3v) is 4.22. The summed E-state index contributed by atoms with van der Waals surface area (Å²) in [5, 5.41) is 4.21. The van der Waals surface area contributed by atoms with E-state index in [1.165, 1.54) is 6.42 Å². The minimum Gasteiger partial charge on any atom is -0.385 e. The van der Waals surface area contributed by atoms with Crippen LogP contribution < -0.4 is 5.32 Å². The third kappa shape index (κ3) is 4.56. The second-order valence-electron chi connectivity index (χ2n) is 5.12. The van der Waals surface area contributed by atoms with Crippen molar-refractivity contribution in [2.75, 3.05) is 59.7 Å². The minimum atomic E-state index is 0.641. The molecule has 0 aromatic carbocycles. The maximum Gasteiger partial charge on any atom is 0.168 e. The number of thiocarbonyl (C=S) groups is 1. The first-order valence-electron chi connectivity index (χ1n) is 7.15. The molecular formula is C13H25N3O2S. The topological polar surface area (TPSA) is 37.0 Å². The summed E-state index contributed by atoms with van der Waals surface area (Å²) in [6.07, 6.45) is 2.21. The largest absolute Gasteiger partial charge is 0.385 e. The predicted molar refractivity (Wildman–Crippen MR) is 79.5 cm³/mol. The number of ether oxygens (including phenoxy) is 2. The Morgan fingerprint density at radius 3 is 2.89 bits per heavy atom. The highest BCUT2D eigenvalue weighted by Gasteiger charge is 2.29. The Morgan fingerprint density at radius 2 is 2.16 bits per heavy atom. The molecule has 2 fully saturated rings. The number of hydrogen-bond acceptors (Lipinski definition) is 4. The zero-order valence-electron chi connectivity index (χ0n) is 11.8. The molecule has 2 rings (SSSR count). The predicted octanol–water partition coefficient (Wildman–Crippen LogP) is 0.304. The summed E-state index contributed by atoms with van der Waals surface area (Å²) in [4.78, 5) is 4.83. The normalized spacial score (nSPS) is 24.7. The molecule has 1 N–H and O–H groups in total. The van der Waals surface area contributed by atoms with Gasteiger partial charge >= 0.3 is 0 Å². The smallest absolute Gasteiger partial charge is 0.168 e. The van der Waals surface area contributed by atoms with Crippen molar-refractivity contribution in [2.24, 2.45) is 0 Å². The van der Waals surface area contributed by atoms with Gasteiger partial charge in [0.05, 0.1) is 13.2 Å². The number of hydrogen-bond donors (Lipinski definition) is 1. The Kier molecular flexibility index (Phi) is 6.30. The Hall–Kier alpha value is -0.430. The highest BCUT2D eigenvalue weighted by molar-refractivity contribution is 7.80. The Balaban J connectivity index is 1.67. The maximum absolute atomic E-state index is 5.45. The number of nitrogens with zero attached hydrogens (tertiary/aromatic N) is 2. The van der Waals surface area contributed by atoms with E-state index in [9.17, 15) is 0 Å². The molecule has 1 unspecified atom stereocenters. The molecule has 6 heteroatoms. The van der Waals surface area contributed by atoms with Gasteiger partial charge in [0.25, 0.3) is 0 Å². The second kappa shape index (κ2) is 7.99. The summed E-state index contributed by atoms with van der Waals surface area (Å²) in [7, 11) is 1.73. The molecule has 0 spiro atoms. The molecule has 2 saturated heterocycles. The van der Waals surface area contributed by atoms with Crippen LogP contribution in [0, 0.1) is 0 Å². The van der Waals surface area contributed by atoms with Crippen LogP contribution in [0.25, 0.3) is 0 Å². The van der Waals surface area contributed by atoms with Crippen molar-refractivity contribution in [2.45, 2.75) is 18.9 Å². The van der Waals surface area contributed by atoms with Crippen LogP contribution in [0.1, 0.15) is 12.8 Å². The number of rotatable bonds is 5. The van der Waals surface area contributed by atoms with Crippen molar-refractivity contribution in [3.05, 3.63) is 0 Å². The van der Waals surface area contributed by atoms with E-state index in [1.54, 1.807) is 7.11 Å². The van der Waals surface area contributed by atoms with Crippen LogP contribution in [0.5, 0.6) is 0 Å². The van der Waals surface area contributed by atoms with Crippen LogP contribution in [0.15, 0.2) is 0 Å². The van der Waals surface area contributed by atoms with E-state index in [4.69, 9.17) is 21.7 Å². The summed E-state index contributed by atoms with van der Waals surface area (Å²) < 4.78 is 10.4.